The number of hydrogen-bond acceptors (Lipinski definition) is 5. The normalized spacial score (nSPS) is 22.2. The van der Waals surface area contributed by atoms with Crippen molar-refractivity contribution in [3.8, 4) is 0 Å². The Bertz CT molecular complexity index is 842. The maximum absolute atomic E-state index is 12.4. The number of para-hydroxylation sites is 1. The van der Waals surface area contributed by atoms with Crippen LogP contribution < -0.4 is 4.90 Å². The molecule has 2 heterocycles. The third kappa shape index (κ3) is 2.98. The van der Waals surface area contributed by atoms with E-state index >= 15 is 0 Å². The highest BCUT2D eigenvalue weighted by Gasteiger charge is 2.38. The van der Waals surface area contributed by atoms with Crippen LogP contribution in [0.15, 0.2) is 47.0 Å². The van der Waals surface area contributed by atoms with Crippen molar-refractivity contribution in [2.75, 3.05) is 18.5 Å². The Morgan fingerprint density at radius 1 is 1.32 bits per heavy atom. The number of hydrogen-bond donors (Lipinski definition) is 1. The van der Waals surface area contributed by atoms with E-state index in [2.05, 4.69) is 30.9 Å². The number of fused-ring (bicyclic) bond motifs is 1. The highest BCUT2D eigenvalue weighted by Crippen LogP contribution is 2.46. The second-order valence-electron chi connectivity index (χ2n) is 6.44. The Morgan fingerprint density at radius 3 is 2.64 bits per heavy atom. The number of anilines is 1. The van der Waals surface area contributed by atoms with Crippen LogP contribution in [0.2, 0.25) is 0 Å². The molecule has 1 saturated heterocycles. The number of thiocarbonyl (C=S) groups is 1. The van der Waals surface area contributed by atoms with E-state index in [0.717, 1.165) is 28.0 Å². The Balaban J connectivity index is 1.92. The summed E-state index contributed by atoms with van der Waals surface area (Å²) >= 11 is 6.25. The molecule has 130 valence electrons. The van der Waals surface area contributed by atoms with Gasteiger partial charge in [0.25, 0.3) is 5.91 Å². The molecule has 0 aliphatic carbocycles. The minimum Gasteiger partial charge on any atom is -0.480 e. The zero-order valence-corrected chi connectivity index (χ0v) is 15.8. The lowest BCUT2D eigenvalue weighted by Gasteiger charge is -2.23. The van der Waals surface area contributed by atoms with Crippen LogP contribution in [0.1, 0.15) is 19.4 Å². The summed E-state index contributed by atoms with van der Waals surface area (Å²) in [4.78, 5) is 26.9. The number of carboxylic acids is 1. The lowest BCUT2D eigenvalue weighted by Crippen LogP contribution is -2.33. The summed E-state index contributed by atoms with van der Waals surface area (Å²) in [6, 6.07) is 8.21. The standard InChI is InChI=1S/C18H18N2O3S2/c1-18(2)11-6-4-5-7-12(11)19(3)14(18)9-8-13-16(23)20(10-15(21)22)17(24)25-13/h4-9H,10H2,1-3H3,(H,21,22)/b13-8+,14-9?. The van der Waals surface area contributed by atoms with Gasteiger partial charge in [-0.2, -0.15) is 0 Å². The summed E-state index contributed by atoms with van der Waals surface area (Å²) in [5, 5.41) is 8.90. The van der Waals surface area contributed by atoms with Gasteiger partial charge < -0.3 is 10.0 Å². The quantitative estimate of drug-likeness (QED) is 0.648. The molecule has 5 nitrogen and oxygen atoms in total. The van der Waals surface area contributed by atoms with Crippen molar-refractivity contribution in [1.29, 1.82) is 0 Å². The van der Waals surface area contributed by atoms with Crippen molar-refractivity contribution in [2.24, 2.45) is 0 Å². The van der Waals surface area contributed by atoms with E-state index < -0.39 is 12.5 Å². The van der Waals surface area contributed by atoms with E-state index in [1.54, 1.807) is 6.08 Å². The third-order valence-electron chi connectivity index (χ3n) is 4.50. The molecule has 0 atom stereocenters. The number of carboxylic acid groups (broad SMARTS) is 1. The van der Waals surface area contributed by atoms with Gasteiger partial charge in [0.2, 0.25) is 0 Å². The van der Waals surface area contributed by atoms with Gasteiger partial charge in [0, 0.05) is 23.8 Å². The number of thioether (sulfide) groups is 1. The lowest BCUT2D eigenvalue weighted by molar-refractivity contribution is -0.140. The van der Waals surface area contributed by atoms with Crippen LogP contribution in [-0.2, 0) is 15.0 Å². The van der Waals surface area contributed by atoms with Gasteiger partial charge in [-0.3, -0.25) is 14.5 Å². The molecule has 0 saturated carbocycles. The highest BCUT2D eigenvalue weighted by molar-refractivity contribution is 8.26. The number of allylic oxidation sites excluding steroid dienone is 3. The van der Waals surface area contributed by atoms with Crippen molar-refractivity contribution >= 4 is 45.9 Å². The monoisotopic (exact) mass is 374 g/mol. The molecule has 3 rings (SSSR count). The maximum Gasteiger partial charge on any atom is 0.323 e. The molecule has 7 heteroatoms. The molecule has 0 radical (unpaired) electrons. The number of aliphatic carboxylic acids is 1. The third-order valence-corrected chi connectivity index (χ3v) is 5.90. The van der Waals surface area contributed by atoms with Crippen LogP contribution in [0.5, 0.6) is 0 Å². The second-order valence-corrected chi connectivity index (χ2v) is 8.11. The van der Waals surface area contributed by atoms with E-state index in [4.69, 9.17) is 17.3 Å². The number of carbonyl (C=O) groups excluding carboxylic acids is 1. The summed E-state index contributed by atoms with van der Waals surface area (Å²) in [5.74, 6) is -1.44. The first-order valence-corrected chi connectivity index (χ1v) is 8.97. The van der Waals surface area contributed by atoms with Gasteiger partial charge in [0.05, 0.1) is 4.91 Å². The maximum atomic E-state index is 12.4. The predicted octanol–water partition coefficient (Wildman–Crippen LogP) is 3.13. The average molecular weight is 374 g/mol. The van der Waals surface area contributed by atoms with E-state index in [1.807, 2.05) is 25.3 Å². The van der Waals surface area contributed by atoms with Crippen LogP contribution in [0.25, 0.3) is 0 Å². The van der Waals surface area contributed by atoms with Crippen molar-refractivity contribution in [1.82, 2.24) is 4.90 Å². The first-order chi connectivity index (χ1) is 11.7. The van der Waals surface area contributed by atoms with Crippen LogP contribution in [0.4, 0.5) is 5.69 Å². The fourth-order valence-electron chi connectivity index (χ4n) is 3.24. The molecule has 1 aromatic rings. The predicted molar refractivity (Wildman–Crippen MR) is 104 cm³/mol. The largest absolute Gasteiger partial charge is 0.480 e. The first-order valence-electron chi connectivity index (χ1n) is 7.74. The van der Waals surface area contributed by atoms with Gasteiger partial charge in [0.1, 0.15) is 10.9 Å². The number of amides is 1. The van der Waals surface area contributed by atoms with Crippen molar-refractivity contribution in [3.63, 3.8) is 0 Å². The summed E-state index contributed by atoms with van der Waals surface area (Å²) in [5.41, 5.74) is 3.26. The SMILES string of the molecule is CN1C(=C/C=C2/SC(=S)N(CC(=O)O)C2=O)C(C)(C)c2ccccc21. The number of benzene rings is 1. The molecule has 1 N–H and O–H groups in total. The summed E-state index contributed by atoms with van der Waals surface area (Å²) in [6.07, 6.45) is 3.66. The molecule has 1 aromatic carbocycles. The average Bonchev–Trinajstić information content (AvgIpc) is 2.92. The fraction of sp³-hybridized carbons (Fsp3) is 0.278. The topological polar surface area (TPSA) is 60.9 Å². The Kier molecular flexibility index (Phi) is 4.47. The Morgan fingerprint density at radius 2 is 2.00 bits per heavy atom. The smallest absolute Gasteiger partial charge is 0.323 e. The van der Waals surface area contributed by atoms with Gasteiger partial charge in [0.15, 0.2) is 0 Å². The van der Waals surface area contributed by atoms with Crippen LogP contribution in [0, 0.1) is 0 Å². The Hall–Kier alpha value is -2.12. The number of rotatable bonds is 3. The van der Waals surface area contributed by atoms with Gasteiger partial charge in [-0.1, -0.05) is 56.0 Å². The number of likely N-dealkylation sites (N-methyl/N-ethyl adjacent to an activating group) is 1. The van der Waals surface area contributed by atoms with Crippen LogP contribution in [0.3, 0.4) is 0 Å². The number of nitrogens with zero attached hydrogens (tertiary/aromatic N) is 2. The van der Waals surface area contributed by atoms with E-state index in [-0.39, 0.29) is 15.6 Å². The van der Waals surface area contributed by atoms with Gasteiger partial charge in [-0.15, -0.1) is 0 Å². The molecule has 0 aromatic heterocycles. The molecule has 2 aliphatic heterocycles. The first kappa shape index (κ1) is 17.7. The molecule has 1 fully saturated rings. The molecule has 2 aliphatic rings. The molecule has 25 heavy (non-hydrogen) atoms. The van der Waals surface area contributed by atoms with E-state index in [9.17, 15) is 9.59 Å². The molecule has 1 amide bonds. The number of carbonyl (C=O) groups is 2. The lowest BCUT2D eigenvalue weighted by atomic mass is 9.84. The van der Waals surface area contributed by atoms with Gasteiger partial charge in [-0.25, -0.2) is 0 Å². The molecular weight excluding hydrogens is 356 g/mol. The van der Waals surface area contributed by atoms with E-state index in [1.165, 1.54) is 5.56 Å². The minimum absolute atomic E-state index is 0.185. The summed E-state index contributed by atoms with van der Waals surface area (Å²) < 4.78 is 0.277. The Labute approximate surface area is 156 Å². The summed E-state index contributed by atoms with van der Waals surface area (Å²) in [6.45, 7) is 3.88. The minimum atomic E-state index is -1.08. The highest BCUT2D eigenvalue weighted by atomic mass is 32.2. The van der Waals surface area contributed by atoms with E-state index in [0.29, 0.717) is 4.91 Å². The molecule has 0 bridgehead atoms. The molecule has 0 unspecified atom stereocenters. The van der Waals surface area contributed by atoms with Crippen molar-refractivity contribution < 1.29 is 14.7 Å². The zero-order chi connectivity index (χ0) is 18.4. The zero-order valence-electron chi connectivity index (χ0n) is 14.1. The van der Waals surface area contributed by atoms with Crippen molar-refractivity contribution in [2.45, 2.75) is 19.3 Å². The fourth-order valence-corrected chi connectivity index (χ4v) is 4.44. The van der Waals surface area contributed by atoms with Crippen molar-refractivity contribution in [3.05, 3.63) is 52.6 Å². The van der Waals surface area contributed by atoms with Gasteiger partial charge >= 0.3 is 5.97 Å². The van der Waals surface area contributed by atoms with Crippen LogP contribution in [-0.4, -0.2) is 39.8 Å². The molecule has 0 spiro atoms. The summed E-state index contributed by atoms with van der Waals surface area (Å²) in [7, 11) is 2.00. The van der Waals surface area contributed by atoms with Gasteiger partial charge in [-0.05, 0) is 23.8 Å². The van der Waals surface area contributed by atoms with Crippen LogP contribution >= 0.6 is 24.0 Å². The molecular formula is C18H18N2O3S2. The second kappa shape index (κ2) is 6.31.